The summed E-state index contributed by atoms with van der Waals surface area (Å²) in [6.45, 7) is 2.48. The lowest BCUT2D eigenvalue weighted by Crippen LogP contribution is -2.10. The molecule has 6 nitrogen and oxygen atoms in total. The second kappa shape index (κ2) is 7.14. The number of fused-ring (bicyclic) bond motifs is 1. The van der Waals surface area contributed by atoms with E-state index in [9.17, 15) is 4.79 Å². The van der Waals surface area contributed by atoms with E-state index < -0.39 is 5.56 Å². The van der Waals surface area contributed by atoms with Crippen LogP contribution in [0.4, 0.5) is 5.69 Å². The molecule has 0 bridgehead atoms. The Morgan fingerprint density at radius 3 is 3.00 bits per heavy atom. The average molecular weight is 343 g/mol. The molecule has 2 N–H and O–H groups in total. The Labute approximate surface area is 143 Å². The molecule has 3 aromatic rings. The minimum Gasteiger partial charge on any atom is -0.493 e. The first kappa shape index (κ1) is 16.0. The second-order valence-corrected chi connectivity index (χ2v) is 5.31. The third-order valence-electron chi connectivity index (χ3n) is 3.40. The fourth-order valence-electron chi connectivity index (χ4n) is 2.32. The maximum absolute atomic E-state index is 11.4. The summed E-state index contributed by atoms with van der Waals surface area (Å²) in [5.74, 6) is 0.733. The van der Waals surface area contributed by atoms with E-state index >= 15 is 0 Å². The van der Waals surface area contributed by atoms with Crippen LogP contribution in [0.1, 0.15) is 12.5 Å². The highest BCUT2D eigenvalue weighted by Crippen LogP contribution is 2.27. The minimum atomic E-state index is -0.475. The predicted molar refractivity (Wildman–Crippen MR) is 96.2 cm³/mol. The van der Waals surface area contributed by atoms with Crippen molar-refractivity contribution in [3.05, 3.63) is 63.5 Å². The van der Waals surface area contributed by atoms with E-state index in [1.807, 2.05) is 43.3 Å². The topological polar surface area (TPSA) is 79.4 Å². The first-order chi connectivity index (χ1) is 11.7. The van der Waals surface area contributed by atoms with E-state index in [-0.39, 0.29) is 5.02 Å². The van der Waals surface area contributed by atoms with E-state index in [4.69, 9.17) is 16.3 Å². The molecule has 0 aliphatic heterocycles. The molecular weight excluding hydrogens is 328 g/mol. The number of ether oxygens (including phenoxy) is 1. The van der Waals surface area contributed by atoms with Gasteiger partial charge in [-0.1, -0.05) is 41.9 Å². The van der Waals surface area contributed by atoms with Crippen LogP contribution in [-0.2, 0) is 0 Å². The maximum atomic E-state index is 11.4. The van der Waals surface area contributed by atoms with Crippen LogP contribution in [0.25, 0.3) is 10.8 Å². The van der Waals surface area contributed by atoms with Crippen LogP contribution in [0.2, 0.25) is 5.02 Å². The number of anilines is 1. The number of nitrogens with one attached hydrogen (secondary N) is 2. The van der Waals surface area contributed by atoms with Crippen molar-refractivity contribution in [2.45, 2.75) is 6.92 Å². The molecule has 0 spiro atoms. The van der Waals surface area contributed by atoms with Gasteiger partial charge < -0.3 is 4.74 Å². The second-order valence-electron chi connectivity index (χ2n) is 4.93. The van der Waals surface area contributed by atoms with Gasteiger partial charge in [0.05, 0.1) is 19.0 Å². The maximum Gasteiger partial charge on any atom is 0.285 e. The summed E-state index contributed by atoms with van der Waals surface area (Å²) >= 11 is 5.91. The van der Waals surface area contributed by atoms with Crippen molar-refractivity contribution in [1.29, 1.82) is 0 Å². The van der Waals surface area contributed by atoms with Gasteiger partial charge in [0, 0.05) is 5.56 Å². The van der Waals surface area contributed by atoms with Gasteiger partial charge in [-0.25, -0.2) is 5.10 Å². The van der Waals surface area contributed by atoms with Gasteiger partial charge >= 0.3 is 0 Å². The summed E-state index contributed by atoms with van der Waals surface area (Å²) in [4.78, 5) is 11.4. The Morgan fingerprint density at radius 2 is 2.17 bits per heavy atom. The van der Waals surface area contributed by atoms with Gasteiger partial charge in [-0.05, 0) is 23.8 Å². The molecule has 0 amide bonds. The van der Waals surface area contributed by atoms with Crippen molar-refractivity contribution >= 4 is 34.3 Å². The number of hydrogen-bond acceptors (Lipinski definition) is 5. The molecule has 0 atom stereocenters. The number of H-pyrrole nitrogens is 1. The summed E-state index contributed by atoms with van der Waals surface area (Å²) in [5, 5.41) is 12.2. The highest BCUT2D eigenvalue weighted by atomic mass is 35.5. The monoisotopic (exact) mass is 342 g/mol. The van der Waals surface area contributed by atoms with E-state index in [2.05, 4.69) is 20.7 Å². The number of benzene rings is 2. The molecule has 0 aliphatic carbocycles. The largest absolute Gasteiger partial charge is 0.493 e. The standard InChI is InChI=1S/C17H15ClN4O2/c1-2-24-15-8-7-11-5-3-4-6-12(11)13(15)9-19-21-14-10-20-22-17(23)16(14)18/h3-10H,2H2,1H3,(H2,21,22,23)/b19-9-. The average Bonchev–Trinajstić information content (AvgIpc) is 2.60. The molecule has 0 fully saturated rings. The Hall–Kier alpha value is -2.86. The molecule has 0 aliphatic rings. The minimum absolute atomic E-state index is 0.00472. The number of rotatable bonds is 5. The molecule has 0 radical (unpaired) electrons. The first-order valence-corrected chi connectivity index (χ1v) is 7.75. The van der Waals surface area contributed by atoms with Crippen LogP contribution < -0.4 is 15.7 Å². The molecular formula is C17H15ClN4O2. The number of aromatic nitrogens is 2. The molecule has 2 aromatic carbocycles. The van der Waals surface area contributed by atoms with Gasteiger partial charge in [0.2, 0.25) is 0 Å². The fraction of sp³-hybridized carbons (Fsp3) is 0.118. The Bertz CT molecular complexity index is 953. The molecule has 0 saturated carbocycles. The summed E-state index contributed by atoms with van der Waals surface area (Å²) < 4.78 is 5.68. The molecule has 0 unspecified atom stereocenters. The lowest BCUT2D eigenvalue weighted by molar-refractivity contribution is 0.340. The third-order valence-corrected chi connectivity index (χ3v) is 3.78. The number of aromatic amines is 1. The lowest BCUT2D eigenvalue weighted by Gasteiger charge is -2.10. The molecule has 1 aromatic heterocycles. The van der Waals surface area contributed by atoms with E-state index in [1.54, 1.807) is 6.21 Å². The van der Waals surface area contributed by atoms with Gasteiger partial charge in [-0.3, -0.25) is 10.2 Å². The van der Waals surface area contributed by atoms with Crippen LogP contribution >= 0.6 is 11.6 Å². The van der Waals surface area contributed by atoms with E-state index in [1.165, 1.54) is 6.20 Å². The highest BCUT2D eigenvalue weighted by Gasteiger charge is 2.07. The zero-order valence-electron chi connectivity index (χ0n) is 12.9. The summed E-state index contributed by atoms with van der Waals surface area (Å²) in [7, 11) is 0. The van der Waals surface area contributed by atoms with Crippen molar-refractivity contribution in [2.24, 2.45) is 5.10 Å². The smallest absolute Gasteiger partial charge is 0.285 e. The van der Waals surface area contributed by atoms with E-state index in [0.717, 1.165) is 22.1 Å². The normalized spacial score (nSPS) is 11.1. The molecule has 1 heterocycles. The Kier molecular flexibility index (Phi) is 4.77. The van der Waals surface area contributed by atoms with Crippen LogP contribution in [0.5, 0.6) is 5.75 Å². The number of hydrazone groups is 1. The van der Waals surface area contributed by atoms with Crippen LogP contribution in [0, 0.1) is 0 Å². The van der Waals surface area contributed by atoms with Crippen molar-refractivity contribution < 1.29 is 4.74 Å². The molecule has 122 valence electrons. The van der Waals surface area contributed by atoms with Crippen molar-refractivity contribution in [3.8, 4) is 5.75 Å². The van der Waals surface area contributed by atoms with Gasteiger partial charge in [-0.15, -0.1) is 0 Å². The van der Waals surface area contributed by atoms with Gasteiger partial charge in [-0.2, -0.15) is 10.2 Å². The zero-order chi connectivity index (χ0) is 16.9. The SMILES string of the molecule is CCOc1ccc2ccccc2c1/C=N\Nc1cn[nH]c(=O)c1Cl. The number of hydrogen-bond donors (Lipinski definition) is 2. The zero-order valence-corrected chi connectivity index (χ0v) is 13.7. The molecule has 0 saturated heterocycles. The summed E-state index contributed by atoms with van der Waals surface area (Å²) in [6.07, 6.45) is 3.04. The van der Waals surface area contributed by atoms with E-state index in [0.29, 0.717) is 12.3 Å². The fourth-order valence-corrected chi connectivity index (χ4v) is 2.45. The van der Waals surface area contributed by atoms with Crippen molar-refractivity contribution in [1.82, 2.24) is 10.2 Å². The van der Waals surface area contributed by atoms with Gasteiger partial charge in [0.15, 0.2) is 0 Å². The predicted octanol–water partition coefficient (Wildman–Crippen LogP) is 3.42. The first-order valence-electron chi connectivity index (χ1n) is 7.37. The third kappa shape index (κ3) is 3.23. The Morgan fingerprint density at radius 1 is 1.33 bits per heavy atom. The molecule has 3 rings (SSSR count). The number of nitrogens with zero attached hydrogens (tertiary/aromatic N) is 2. The summed E-state index contributed by atoms with van der Waals surface area (Å²) in [6, 6.07) is 11.9. The van der Waals surface area contributed by atoms with Crippen molar-refractivity contribution in [3.63, 3.8) is 0 Å². The number of halogens is 1. The van der Waals surface area contributed by atoms with Crippen molar-refractivity contribution in [2.75, 3.05) is 12.0 Å². The summed E-state index contributed by atoms with van der Waals surface area (Å²) in [5.41, 5.74) is 3.43. The Balaban J connectivity index is 1.97. The quantitative estimate of drug-likeness (QED) is 0.550. The van der Waals surface area contributed by atoms with Crippen LogP contribution in [0.15, 0.2) is 52.5 Å². The molecule has 7 heteroatoms. The van der Waals surface area contributed by atoms with Gasteiger partial charge in [0.25, 0.3) is 5.56 Å². The van der Waals surface area contributed by atoms with Crippen LogP contribution in [-0.4, -0.2) is 23.0 Å². The highest BCUT2D eigenvalue weighted by molar-refractivity contribution is 6.32. The molecule has 24 heavy (non-hydrogen) atoms. The van der Waals surface area contributed by atoms with Crippen LogP contribution in [0.3, 0.4) is 0 Å². The van der Waals surface area contributed by atoms with Gasteiger partial charge in [0.1, 0.15) is 16.5 Å². The lowest BCUT2D eigenvalue weighted by atomic mass is 10.0.